The minimum Gasteiger partial charge on any atom is -0.497 e. The summed E-state index contributed by atoms with van der Waals surface area (Å²) in [6, 6.07) is 6.07. The van der Waals surface area contributed by atoms with Gasteiger partial charge in [-0.3, -0.25) is 4.79 Å². The van der Waals surface area contributed by atoms with Crippen LogP contribution in [0.1, 0.15) is 23.7 Å². The van der Waals surface area contributed by atoms with Gasteiger partial charge in [0.2, 0.25) is 0 Å². The second-order valence-corrected chi connectivity index (χ2v) is 5.90. The number of nitrogens with zero attached hydrogens (tertiary/aromatic N) is 1. The smallest absolute Gasteiger partial charge is 0.311 e. The van der Waals surface area contributed by atoms with Crippen LogP contribution in [0.25, 0.3) is 11.1 Å². The largest absolute Gasteiger partial charge is 0.497 e. The summed E-state index contributed by atoms with van der Waals surface area (Å²) in [5.74, 6) is 0.608. The molecule has 24 heavy (non-hydrogen) atoms. The Kier molecular flexibility index (Phi) is 4.90. The minimum atomic E-state index is -0.238. The number of benzene rings is 1. The number of aryl methyl sites for hydroxylation is 2. The summed E-state index contributed by atoms with van der Waals surface area (Å²) in [5, 5.41) is 9.35. The van der Waals surface area contributed by atoms with E-state index in [1.54, 1.807) is 7.11 Å². The van der Waals surface area contributed by atoms with E-state index in [2.05, 4.69) is 18.3 Å². The Hall–Kier alpha value is -2.27. The van der Waals surface area contributed by atoms with Crippen LogP contribution in [-0.4, -0.2) is 36.0 Å². The van der Waals surface area contributed by atoms with Gasteiger partial charge in [0, 0.05) is 24.0 Å². The van der Waals surface area contributed by atoms with Gasteiger partial charge in [0.15, 0.2) is 0 Å². The number of aromatic nitrogens is 1. The molecule has 1 N–H and O–H groups in total. The summed E-state index contributed by atoms with van der Waals surface area (Å²) >= 11 is 0. The summed E-state index contributed by atoms with van der Waals surface area (Å²) in [7, 11) is 1.67. The lowest BCUT2D eigenvalue weighted by Gasteiger charge is -2.19. The maximum absolute atomic E-state index is 12.0. The number of ether oxygens (including phenoxy) is 2. The van der Waals surface area contributed by atoms with Gasteiger partial charge < -0.3 is 19.1 Å². The first-order chi connectivity index (χ1) is 11.7. The summed E-state index contributed by atoms with van der Waals surface area (Å²) in [5.41, 5.74) is 5.63. The predicted molar refractivity (Wildman–Crippen MR) is 91.3 cm³/mol. The third kappa shape index (κ3) is 3.04. The summed E-state index contributed by atoms with van der Waals surface area (Å²) < 4.78 is 12.4. The Balaban J connectivity index is 2.07. The van der Waals surface area contributed by atoms with E-state index >= 15 is 0 Å². The third-order valence-electron chi connectivity index (χ3n) is 4.47. The zero-order valence-corrected chi connectivity index (χ0v) is 14.2. The highest BCUT2D eigenvalue weighted by Gasteiger charge is 2.25. The van der Waals surface area contributed by atoms with Gasteiger partial charge >= 0.3 is 5.97 Å². The molecule has 1 heterocycles. The van der Waals surface area contributed by atoms with Crippen LogP contribution in [0.4, 0.5) is 0 Å². The van der Waals surface area contributed by atoms with Crippen LogP contribution in [0.3, 0.4) is 0 Å². The first-order valence-corrected chi connectivity index (χ1v) is 8.32. The van der Waals surface area contributed by atoms with Crippen LogP contribution in [0.15, 0.2) is 24.4 Å². The number of rotatable bonds is 6. The van der Waals surface area contributed by atoms with E-state index in [1.807, 2.05) is 17.6 Å². The second kappa shape index (κ2) is 7.09. The number of aliphatic hydroxyl groups is 1. The molecule has 1 aromatic carbocycles. The van der Waals surface area contributed by atoms with Gasteiger partial charge in [-0.25, -0.2) is 0 Å². The van der Waals surface area contributed by atoms with E-state index in [-0.39, 0.29) is 19.0 Å². The molecule has 2 aromatic rings. The molecule has 128 valence electrons. The van der Waals surface area contributed by atoms with Crippen molar-refractivity contribution in [3.8, 4) is 16.9 Å². The van der Waals surface area contributed by atoms with Crippen molar-refractivity contribution in [3.63, 3.8) is 0 Å². The van der Waals surface area contributed by atoms with Gasteiger partial charge in [-0.1, -0.05) is 6.07 Å². The molecule has 0 aliphatic heterocycles. The predicted octanol–water partition coefficient (Wildman–Crippen LogP) is 2.36. The molecular weight excluding hydrogens is 306 g/mol. The fourth-order valence-electron chi connectivity index (χ4n) is 3.44. The molecular formula is C19H23NO4. The average molecular weight is 329 g/mol. The van der Waals surface area contributed by atoms with Crippen molar-refractivity contribution in [2.75, 3.05) is 20.3 Å². The molecule has 5 heteroatoms. The van der Waals surface area contributed by atoms with E-state index < -0.39 is 0 Å². The van der Waals surface area contributed by atoms with Crippen molar-refractivity contribution in [2.24, 2.45) is 0 Å². The number of hydrogen-bond acceptors (Lipinski definition) is 4. The number of methoxy groups -OCH3 is 1. The Morgan fingerprint density at radius 2 is 2.08 bits per heavy atom. The first-order valence-electron chi connectivity index (χ1n) is 8.32. The number of fused-ring (bicyclic) bond motifs is 3. The maximum Gasteiger partial charge on any atom is 0.311 e. The van der Waals surface area contributed by atoms with Gasteiger partial charge in [0.1, 0.15) is 5.75 Å². The van der Waals surface area contributed by atoms with E-state index in [4.69, 9.17) is 9.47 Å². The highest BCUT2D eigenvalue weighted by atomic mass is 16.5. The summed E-state index contributed by atoms with van der Waals surface area (Å²) in [4.78, 5) is 12.0. The molecule has 0 saturated carbocycles. The molecule has 1 aromatic heterocycles. The molecule has 3 rings (SSSR count). The molecule has 1 aliphatic rings. The summed E-state index contributed by atoms with van der Waals surface area (Å²) in [6.45, 7) is 2.70. The number of hydrogen-bond donors (Lipinski definition) is 1. The van der Waals surface area contributed by atoms with Crippen LogP contribution in [0.5, 0.6) is 5.75 Å². The van der Waals surface area contributed by atoms with Crippen LogP contribution >= 0.6 is 0 Å². The van der Waals surface area contributed by atoms with E-state index in [1.165, 1.54) is 11.1 Å². The molecule has 0 atom stereocenters. The van der Waals surface area contributed by atoms with Gasteiger partial charge in [0.05, 0.1) is 26.7 Å². The fraction of sp³-hybridized carbons (Fsp3) is 0.421. The second-order valence-electron chi connectivity index (χ2n) is 5.90. The lowest BCUT2D eigenvalue weighted by Crippen LogP contribution is -2.14. The number of aliphatic hydroxyl groups excluding tert-OH is 1. The van der Waals surface area contributed by atoms with Gasteiger partial charge in [0.25, 0.3) is 0 Å². The number of carbonyl (C=O) groups excluding carboxylic acids is 1. The van der Waals surface area contributed by atoms with Crippen molar-refractivity contribution >= 4 is 5.97 Å². The highest BCUT2D eigenvalue weighted by molar-refractivity contribution is 5.81. The Morgan fingerprint density at radius 3 is 2.79 bits per heavy atom. The quantitative estimate of drug-likeness (QED) is 0.827. The van der Waals surface area contributed by atoms with Crippen molar-refractivity contribution in [1.29, 1.82) is 0 Å². The SMILES string of the molecule is CCOC(=O)Cc1c2c(cn1CCO)CCc1cc(OC)ccc1-2. The van der Waals surface area contributed by atoms with Crippen molar-refractivity contribution in [3.05, 3.63) is 41.2 Å². The average Bonchev–Trinajstić information content (AvgIpc) is 2.92. The van der Waals surface area contributed by atoms with Crippen molar-refractivity contribution in [2.45, 2.75) is 32.7 Å². The van der Waals surface area contributed by atoms with Crippen molar-refractivity contribution < 1.29 is 19.4 Å². The normalized spacial score (nSPS) is 12.5. The zero-order chi connectivity index (χ0) is 17.1. The topological polar surface area (TPSA) is 60.7 Å². The molecule has 0 amide bonds. The van der Waals surface area contributed by atoms with Crippen LogP contribution < -0.4 is 4.74 Å². The molecule has 5 nitrogen and oxygen atoms in total. The lowest BCUT2D eigenvalue weighted by molar-refractivity contribution is -0.142. The first kappa shape index (κ1) is 16.6. The molecule has 0 bridgehead atoms. The minimum absolute atomic E-state index is 0.0405. The maximum atomic E-state index is 12.0. The number of esters is 1. The van der Waals surface area contributed by atoms with Gasteiger partial charge in [-0.15, -0.1) is 0 Å². The fourth-order valence-corrected chi connectivity index (χ4v) is 3.44. The van der Waals surface area contributed by atoms with Crippen LogP contribution in [0.2, 0.25) is 0 Å². The van der Waals surface area contributed by atoms with E-state index in [0.29, 0.717) is 13.2 Å². The molecule has 0 radical (unpaired) electrons. The zero-order valence-electron chi connectivity index (χ0n) is 14.2. The Morgan fingerprint density at radius 1 is 1.29 bits per heavy atom. The van der Waals surface area contributed by atoms with E-state index in [0.717, 1.165) is 35.4 Å². The molecule has 1 aliphatic carbocycles. The Labute approximate surface area is 141 Å². The Bertz CT molecular complexity index is 748. The van der Waals surface area contributed by atoms with Gasteiger partial charge in [-0.05, 0) is 48.6 Å². The number of carbonyl (C=O) groups is 1. The molecule has 0 spiro atoms. The molecule has 0 fully saturated rings. The molecule has 0 saturated heterocycles. The monoisotopic (exact) mass is 329 g/mol. The van der Waals surface area contributed by atoms with Gasteiger partial charge in [-0.2, -0.15) is 0 Å². The third-order valence-corrected chi connectivity index (χ3v) is 4.47. The van der Waals surface area contributed by atoms with Crippen molar-refractivity contribution in [1.82, 2.24) is 4.57 Å². The van der Waals surface area contributed by atoms with Crippen LogP contribution in [0, 0.1) is 0 Å². The lowest BCUT2D eigenvalue weighted by atomic mass is 9.86. The summed E-state index contributed by atoms with van der Waals surface area (Å²) in [6.07, 6.45) is 4.15. The standard InChI is InChI=1S/C19H23NO4/c1-3-24-18(22)11-17-19-14(12-20(17)8-9-21)5-4-13-10-15(23-2)6-7-16(13)19/h6-7,10,12,21H,3-5,8-9,11H2,1-2H3. The van der Waals surface area contributed by atoms with E-state index in [9.17, 15) is 9.90 Å². The highest BCUT2D eigenvalue weighted by Crippen LogP contribution is 2.39. The van der Waals surface area contributed by atoms with Crippen LogP contribution in [-0.2, 0) is 35.3 Å². The molecule has 0 unspecified atom stereocenters.